The van der Waals surface area contributed by atoms with E-state index in [1.54, 1.807) is 0 Å². The number of para-hydroxylation sites is 1. The summed E-state index contributed by atoms with van der Waals surface area (Å²) in [6.07, 6.45) is 4.52. The van der Waals surface area contributed by atoms with Gasteiger partial charge in [-0.15, -0.1) is 0 Å². The lowest BCUT2D eigenvalue weighted by Crippen LogP contribution is -2.45. The third kappa shape index (κ3) is 3.39. The Balaban J connectivity index is 1.25. The van der Waals surface area contributed by atoms with Gasteiger partial charge in [0.2, 0.25) is 0 Å². The second-order valence-electron chi connectivity index (χ2n) is 9.06. The first kappa shape index (κ1) is 19.5. The van der Waals surface area contributed by atoms with Crippen molar-refractivity contribution in [2.45, 2.75) is 50.7 Å². The molecule has 4 heterocycles. The number of benzene rings is 1. The second kappa shape index (κ2) is 7.78. The molecule has 1 aliphatic carbocycles. The molecule has 0 radical (unpaired) electrons. The average Bonchev–Trinajstić information content (AvgIpc) is 3.41. The summed E-state index contributed by atoms with van der Waals surface area (Å²) in [5.74, 6) is -0.0250. The van der Waals surface area contributed by atoms with E-state index in [0.717, 1.165) is 47.8 Å². The van der Waals surface area contributed by atoms with Crippen LogP contribution in [0.3, 0.4) is 0 Å². The number of hydrogen-bond donors (Lipinski definition) is 2. The molecule has 8 nitrogen and oxygen atoms in total. The predicted molar refractivity (Wildman–Crippen MR) is 118 cm³/mol. The molecule has 2 aliphatic heterocycles. The van der Waals surface area contributed by atoms with E-state index < -0.39 is 0 Å². The maximum Gasteiger partial charge on any atom is 0.272 e. The van der Waals surface area contributed by atoms with Gasteiger partial charge in [-0.1, -0.05) is 18.2 Å². The molecule has 3 aromatic rings. The molecule has 0 atom stereocenters. The van der Waals surface area contributed by atoms with Crippen molar-refractivity contribution in [2.24, 2.45) is 0 Å². The van der Waals surface area contributed by atoms with Gasteiger partial charge >= 0.3 is 0 Å². The number of fused-ring (bicyclic) bond motifs is 2. The number of amides is 2. The Bertz CT molecular complexity index is 1140. The van der Waals surface area contributed by atoms with E-state index in [-0.39, 0.29) is 17.9 Å². The largest absolute Gasteiger partial charge is 0.381 e. The van der Waals surface area contributed by atoms with Crippen molar-refractivity contribution in [3.05, 3.63) is 53.0 Å². The van der Waals surface area contributed by atoms with Gasteiger partial charge in [-0.3, -0.25) is 14.7 Å². The second-order valence-corrected chi connectivity index (χ2v) is 9.06. The van der Waals surface area contributed by atoms with Crippen LogP contribution in [0.5, 0.6) is 0 Å². The van der Waals surface area contributed by atoms with Crippen LogP contribution in [0.4, 0.5) is 0 Å². The van der Waals surface area contributed by atoms with Crippen molar-refractivity contribution in [1.82, 2.24) is 25.0 Å². The molecule has 166 valence electrons. The first-order valence-corrected chi connectivity index (χ1v) is 11.5. The maximum absolute atomic E-state index is 13.6. The predicted octanol–water partition coefficient (Wildman–Crippen LogP) is 2.87. The van der Waals surface area contributed by atoms with Gasteiger partial charge in [0.25, 0.3) is 11.8 Å². The Morgan fingerprint density at radius 3 is 2.66 bits per heavy atom. The molecule has 0 unspecified atom stereocenters. The van der Waals surface area contributed by atoms with Crippen molar-refractivity contribution in [3.8, 4) is 0 Å². The molecule has 0 spiro atoms. The van der Waals surface area contributed by atoms with Crippen LogP contribution in [-0.2, 0) is 17.7 Å². The molecule has 1 aromatic carbocycles. The highest BCUT2D eigenvalue weighted by molar-refractivity contribution is 5.99. The fraction of sp³-hybridized carbons (Fsp3) is 0.458. The van der Waals surface area contributed by atoms with E-state index >= 15 is 0 Å². The lowest BCUT2D eigenvalue weighted by atomic mass is 10.0. The first-order valence-electron chi connectivity index (χ1n) is 11.5. The van der Waals surface area contributed by atoms with Crippen molar-refractivity contribution in [1.29, 1.82) is 0 Å². The van der Waals surface area contributed by atoms with Crippen LogP contribution in [0.25, 0.3) is 10.9 Å². The van der Waals surface area contributed by atoms with Crippen LogP contribution in [0, 0.1) is 0 Å². The summed E-state index contributed by atoms with van der Waals surface area (Å²) in [7, 11) is 0. The minimum atomic E-state index is -0.0464. The molecule has 8 heteroatoms. The van der Waals surface area contributed by atoms with Crippen LogP contribution in [0.1, 0.15) is 57.9 Å². The minimum absolute atomic E-state index is 0.0214. The summed E-state index contributed by atoms with van der Waals surface area (Å²) < 4.78 is 5.51. The van der Waals surface area contributed by atoms with Gasteiger partial charge in [-0.05, 0) is 37.8 Å². The summed E-state index contributed by atoms with van der Waals surface area (Å²) >= 11 is 0. The minimum Gasteiger partial charge on any atom is -0.381 e. The van der Waals surface area contributed by atoms with Crippen molar-refractivity contribution in [2.75, 3.05) is 19.8 Å². The number of aromatic nitrogens is 3. The van der Waals surface area contributed by atoms with Crippen molar-refractivity contribution in [3.63, 3.8) is 0 Å². The van der Waals surface area contributed by atoms with Gasteiger partial charge in [0.05, 0.1) is 12.2 Å². The number of rotatable bonds is 4. The molecule has 2 fully saturated rings. The number of carbonyl (C=O) groups is 2. The normalized spacial score (nSPS) is 19.2. The number of ether oxygens (including phenoxy) is 1. The molecule has 2 aromatic heterocycles. The molecule has 0 bridgehead atoms. The smallest absolute Gasteiger partial charge is 0.272 e. The summed E-state index contributed by atoms with van der Waals surface area (Å²) in [5.41, 5.74) is 3.84. The van der Waals surface area contributed by atoms with Gasteiger partial charge < -0.3 is 19.5 Å². The number of aromatic amines is 2. The monoisotopic (exact) mass is 433 g/mol. The zero-order chi connectivity index (χ0) is 21.7. The Morgan fingerprint density at radius 2 is 1.88 bits per heavy atom. The Labute approximate surface area is 185 Å². The summed E-state index contributed by atoms with van der Waals surface area (Å²) in [4.78, 5) is 34.0. The molecule has 2 N–H and O–H groups in total. The van der Waals surface area contributed by atoms with Crippen molar-refractivity contribution < 1.29 is 14.3 Å². The van der Waals surface area contributed by atoms with E-state index in [1.165, 1.54) is 0 Å². The third-order valence-corrected chi connectivity index (χ3v) is 6.94. The lowest BCUT2D eigenvalue weighted by Gasteiger charge is -2.35. The Hall–Kier alpha value is -3.13. The fourth-order valence-electron chi connectivity index (χ4n) is 5.07. The molecule has 2 amide bonds. The molecule has 32 heavy (non-hydrogen) atoms. The topological polar surface area (TPSA) is 94.3 Å². The average molecular weight is 434 g/mol. The summed E-state index contributed by atoms with van der Waals surface area (Å²) in [6, 6.07) is 10.3. The first-order chi connectivity index (χ1) is 15.7. The SMILES string of the molecule is O=C(c1cc2ccccc2[nH]1)N1CCc2n[nH]c(C(=O)N(C3CCOCC3)C3CC3)c2C1. The highest BCUT2D eigenvalue weighted by Crippen LogP contribution is 2.34. The zero-order valence-corrected chi connectivity index (χ0v) is 18.0. The summed E-state index contributed by atoms with van der Waals surface area (Å²) in [6.45, 7) is 2.39. The Kier molecular flexibility index (Phi) is 4.75. The number of H-pyrrole nitrogens is 2. The fourth-order valence-corrected chi connectivity index (χ4v) is 5.07. The van der Waals surface area contributed by atoms with E-state index in [2.05, 4.69) is 20.1 Å². The maximum atomic E-state index is 13.6. The van der Waals surface area contributed by atoms with E-state index in [9.17, 15) is 9.59 Å². The van der Waals surface area contributed by atoms with Gasteiger partial charge in [0.15, 0.2) is 0 Å². The number of hydrogen-bond acceptors (Lipinski definition) is 4. The van der Waals surface area contributed by atoms with Gasteiger partial charge in [0.1, 0.15) is 11.4 Å². The van der Waals surface area contributed by atoms with Gasteiger partial charge in [0, 0.05) is 54.7 Å². The van der Waals surface area contributed by atoms with Crippen LogP contribution in [0.15, 0.2) is 30.3 Å². The third-order valence-electron chi connectivity index (χ3n) is 6.94. The Morgan fingerprint density at radius 1 is 1.09 bits per heavy atom. The number of carbonyl (C=O) groups excluding carboxylic acids is 2. The molecular weight excluding hydrogens is 406 g/mol. The van der Waals surface area contributed by atoms with E-state index in [0.29, 0.717) is 50.2 Å². The quantitative estimate of drug-likeness (QED) is 0.662. The number of nitrogens with zero attached hydrogens (tertiary/aromatic N) is 3. The van der Waals surface area contributed by atoms with Crippen LogP contribution in [0.2, 0.25) is 0 Å². The zero-order valence-electron chi connectivity index (χ0n) is 18.0. The van der Waals surface area contributed by atoms with Crippen molar-refractivity contribution >= 4 is 22.7 Å². The van der Waals surface area contributed by atoms with Crippen LogP contribution >= 0.6 is 0 Å². The molecule has 1 saturated heterocycles. The summed E-state index contributed by atoms with van der Waals surface area (Å²) in [5, 5.41) is 8.48. The molecule has 3 aliphatic rings. The highest BCUT2D eigenvalue weighted by Gasteiger charge is 2.40. The van der Waals surface area contributed by atoms with E-state index in [1.807, 2.05) is 35.2 Å². The number of nitrogens with one attached hydrogen (secondary N) is 2. The van der Waals surface area contributed by atoms with Crippen LogP contribution in [-0.4, -0.2) is 68.6 Å². The van der Waals surface area contributed by atoms with Gasteiger partial charge in [-0.2, -0.15) is 5.10 Å². The highest BCUT2D eigenvalue weighted by atomic mass is 16.5. The van der Waals surface area contributed by atoms with E-state index in [4.69, 9.17) is 4.74 Å². The molecule has 1 saturated carbocycles. The standard InChI is InChI=1S/C24H27N5O3/c30-23(21-13-15-3-1-2-4-19(15)25-21)28-10-7-20-18(14-28)22(27-26-20)24(31)29(16-5-6-16)17-8-11-32-12-9-17/h1-4,13,16-17,25H,5-12,14H2,(H,26,27). The van der Waals surface area contributed by atoms with Gasteiger partial charge in [-0.25, -0.2) is 0 Å². The molecule has 6 rings (SSSR count). The lowest BCUT2D eigenvalue weighted by molar-refractivity contribution is 0.0262. The van der Waals surface area contributed by atoms with Crippen LogP contribution < -0.4 is 0 Å². The molecular formula is C24H27N5O3.